The number of aliphatic hydroxyl groups is 1. The number of anilines is 1. The summed E-state index contributed by atoms with van der Waals surface area (Å²) in [5, 5.41) is 14.1. The van der Waals surface area contributed by atoms with Crippen molar-refractivity contribution in [3.8, 4) is 11.4 Å². The molecule has 1 aliphatic rings. The van der Waals surface area contributed by atoms with Crippen LogP contribution >= 0.6 is 11.6 Å². The summed E-state index contributed by atoms with van der Waals surface area (Å²) in [6.07, 6.45) is 0.797. The van der Waals surface area contributed by atoms with Crippen molar-refractivity contribution in [1.82, 2.24) is 10.1 Å². The van der Waals surface area contributed by atoms with E-state index in [0.29, 0.717) is 23.4 Å². The van der Waals surface area contributed by atoms with Gasteiger partial charge in [0.15, 0.2) is 0 Å². The van der Waals surface area contributed by atoms with Crippen molar-refractivity contribution in [3.05, 3.63) is 29.3 Å². The highest BCUT2D eigenvalue weighted by atomic mass is 35.5. The van der Waals surface area contributed by atoms with Crippen molar-refractivity contribution in [2.24, 2.45) is 0 Å². The number of aromatic nitrogens is 2. The molecule has 0 saturated carbocycles. The summed E-state index contributed by atoms with van der Waals surface area (Å²) in [6, 6.07) is 7.60. The number of ether oxygens (including phenoxy) is 1. The van der Waals surface area contributed by atoms with Crippen LogP contribution in [0, 0.1) is 0 Å². The third kappa shape index (κ3) is 2.88. The van der Waals surface area contributed by atoms with Gasteiger partial charge in [-0.2, -0.15) is 4.98 Å². The number of rotatable bonds is 4. The Hall–Kier alpha value is -1.63. The summed E-state index contributed by atoms with van der Waals surface area (Å²) in [7, 11) is 1.66. The van der Waals surface area contributed by atoms with E-state index in [-0.39, 0.29) is 18.8 Å². The molecule has 2 aromatic rings. The Kier molecular flexibility index (Phi) is 4.10. The molecule has 7 heteroatoms. The quantitative estimate of drug-likeness (QED) is 0.931. The monoisotopic (exact) mass is 309 g/mol. The van der Waals surface area contributed by atoms with Gasteiger partial charge in [-0.25, -0.2) is 0 Å². The van der Waals surface area contributed by atoms with E-state index in [1.807, 2.05) is 17.0 Å². The summed E-state index contributed by atoms with van der Waals surface area (Å²) in [4.78, 5) is 6.28. The van der Waals surface area contributed by atoms with Crippen LogP contribution < -0.4 is 4.90 Å². The molecule has 0 amide bonds. The summed E-state index contributed by atoms with van der Waals surface area (Å²) >= 11 is 5.97. The van der Waals surface area contributed by atoms with E-state index in [2.05, 4.69) is 10.1 Å². The second kappa shape index (κ2) is 6.01. The number of aliphatic hydroxyl groups excluding tert-OH is 1. The predicted molar refractivity (Wildman–Crippen MR) is 78.4 cm³/mol. The Balaban J connectivity index is 1.84. The minimum Gasteiger partial charge on any atom is -0.394 e. The number of hydrogen-bond donors (Lipinski definition) is 1. The van der Waals surface area contributed by atoms with Gasteiger partial charge < -0.3 is 19.3 Å². The van der Waals surface area contributed by atoms with Crippen molar-refractivity contribution in [1.29, 1.82) is 0 Å². The Morgan fingerprint density at radius 1 is 1.52 bits per heavy atom. The number of benzene rings is 1. The van der Waals surface area contributed by atoms with Crippen LogP contribution in [0.3, 0.4) is 0 Å². The Morgan fingerprint density at radius 2 is 2.38 bits per heavy atom. The fraction of sp³-hybridized carbons (Fsp3) is 0.429. The second-order valence-electron chi connectivity index (χ2n) is 4.99. The molecule has 0 unspecified atom stereocenters. The Labute approximate surface area is 127 Å². The van der Waals surface area contributed by atoms with Crippen LogP contribution in [0.1, 0.15) is 6.42 Å². The molecule has 2 atom stereocenters. The van der Waals surface area contributed by atoms with Crippen LogP contribution in [-0.4, -0.2) is 47.7 Å². The first-order valence-electron chi connectivity index (χ1n) is 6.71. The summed E-state index contributed by atoms with van der Waals surface area (Å²) in [6.45, 7) is 0.646. The van der Waals surface area contributed by atoms with Gasteiger partial charge in [-0.1, -0.05) is 28.9 Å². The normalized spacial score (nSPS) is 22.0. The first kappa shape index (κ1) is 14.3. The van der Waals surface area contributed by atoms with E-state index in [0.717, 1.165) is 12.0 Å². The molecule has 0 aliphatic carbocycles. The van der Waals surface area contributed by atoms with Gasteiger partial charge in [-0.3, -0.25) is 0 Å². The fourth-order valence-electron chi connectivity index (χ4n) is 2.53. The molecule has 1 aromatic carbocycles. The zero-order chi connectivity index (χ0) is 14.8. The Bertz CT molecular complexity index is 619. The lowest BCUT2D eigenvalue weighted by Gasteiger charge is -2.19. The van der Waals surface area contributed by atoms with Gasteiger partial charge in [-0.05, 0) is 18.6 Å². The van der Waals surface area contributed by atoms with Crippen LogP contribution in [0.15, 0.2) is 28.8 Å². The molecule has 0 spiro atoms. The van der Waals surface area contributed by atoms with Gasteiger partial charge >= 0.3 is 6.01 Å². The van der Waals surface area contributed by atoms with Crippen molar-refractivity contribution in [3.63, 3.8) is 0 Å². The average molecular weight is 310 g/mol. The third-order valence-corrected chi connectivity index (χ3v) is 3.90. The molecule has 6 nitrogen and oxygen atoms in total. The smallest absolute Gasteiger partial charge is 0.324 e. The van der Waals surface area contributed by atoms with Crippen LogP contribution in [-0.2, 0) is 4.74 Å². The summed E-state index contributed by atoms with van der Waals surface area (Å²) < 4.78 is 10.7. The largest absolute Gasteiger partial charge is 0.394 e. The molecular weight excluding hydrogens is 294 g/mol. The fourth-order valence-corrected chi connectivity index (χ4v) is 2.72. The van der Waals surface area contributed by atoms with Gasteiger partial charge in [0.1, 0.15) is 0 Å². The highest BCUT2D eigenvalue weighted by Crippen LogP contribution is 2.28. The zero-order valence-corrected chi connectivity index (χ0v) is 12.3. The van der Waals surface area contributed by atoms with Gasteiger partial charge in [-0.15, -0.1) is 0 Å². The molecule has 1 aliphatic heterocycles. The van der Waals surface area contributed by atoms with E-state index in [9.17, 15) is 5.11 Å². The van der Waals surface area contributed by atoms with Crippen LogP contribution in [0.5, 0.6) is 0 Å². The maximum Gasteiger partial charge on any atom is 0.324 e. The van der Waals surface area contributed by atoms with Crippen molar-refractivity contribution in [2.75, 3.05) is 25.2 Å². The lowest BCUT2D eigenvalue weighted by atomic mass is 10.2. The molecule has 1 aromatic heterocycles. The van der Waals surface area contributed by atoms with E-state index in [4.69, 9.17) is 20.9 Å². The highest BCUT2D eigenvalue weighted by Gasteiger charge is 2.34. The van der Waals surface area contributed by atoms with Crippen molar-refractivity contribution < 1.29 is 14.4 Å². The van der Waals surface area contributed by atoms with E-state index in [1.165, 1.54) is 0 Å². The molecular formula is C14H16ClN3O3. The molecule has 0 bridgehead atoms. The van der Waals surface area contributed by atoms with Crippen LogP contribution in [0.25, 0.3) is 11.4 Å². The average Bonchev–Trinajstić information content (AvgIpc) is 3.13. The van der Waals surface area contributed by atoms with Gasteiger partial charge in [0.25, 0.3) is 0 Å². The minimum atomic E-state index is -0.0670. The zero-order valence-electron chi connectivity index (χ0n) is 11.6. The Morgan fingerprint density at radius 3 is 3.10 bits per heavy atom. The molecule has 0 radical (unpaired) electrons. The minimum absolute atomic E-state index is 0.0226. The van der Waals surface area contributed by atoms with E-state index >= 15 is 0 Å². The summed E-state index contributed by atoms with van der Waals surface area (Å²) in [5.41, 5.74) is 0.792. The first-order valence-corrected chi connectivity index (χ1v) is 7.09. The highest BCUT2D eigenvalue weighted by molar-refractivity contribution is 6.30. The van der Waals surface area contributed by atoms with Gasteiger partial charge in [0.2, 0.25) is 5.82 Å². The second-order valence-corrected chi connectivity index (χ2v) is 5.43. The molecule has 3 rings (SSSR count). The first-order chi connectivity index (χ1) is 10.2. The van der Waals surface area contributed by atoms with Gasteiger partial charge in [0.05, 0.1) is 18.8 Å². The van der Waals surface area contributed by atoms with Crippen LogP contribution in [0.2, 0.25) is 5.02 Å². The SMILES string of the molecule is CO[C@@H]1C[C@@H](CO)N(c2nc(-c3cccc(Cl)c3)no2)C1. The maximum absolute atomic E-state index is 9.47. The standard InChI is InChI=1S/C14H16ClN3O3/c1-20-12-6-11(8-19)18(7-12)14-16-13(17-21-14)9-3-2-4-10(15)5-9/h2-5,11-12,19H,6-8H2,1H3/t11-,12+/m0/s1. The number of halogens is 1. The summed E-state index contributed by atoms with van der Waals surface area (Å²) in [5.74, 6) is 0.477. The van der Waals surface area contributed by atoms with E-state index < -0.39 is 0 Å². The lowest BCUT2D eigenvalue weighted by molar-refractivity contribution is 0.115. The molecule has 2 heterocycles. The van der Waals surface area contributed by atoms with Crippen LogP contribution in [0.4, 0.5) is 6.01 Å². The number of nitrogens with zero attached hydrogens (tertiary/aromatic N) is 3. The molecule has 1 N–H and O–H groups in total. The topological polar surface area (TPSA) is 71.6 Å². The molecule has 21 heavy (non-hydrogen) atoms. The molecule has 1 fully saturated rings. The number of methoxy groups -OCH3 is 1. The predicted octanol–water partition coefficient (Wildman–Crippen LogP) is 1.98. The third-order valence-electron chi connectivity index (χ3n) is 3.66. The van der Waals surface area contributed by atoms with Crippen molar-refractivity contribution in [2.45, 2.75) is 18.6 Å². The lowest BCUT2D eigenvalue weighted by Crippen LogP contribution is -2.32. The maximum atomic E-state index is 9.47. The van der Waals surface area contributed by atoms with Gasteiger partial charge in [0, 0.05) is 24.2 Å². The molecule has 1 saturated heterocycles. The van der Waals surface area contributed by atoms with Crippen molar-refractivity contribution >= 4 is 17.6 Å². The van der Waals surface area contributed by atoms with E-state index in [1.54, 1.807) is 19.2 Å². The number of hydrogen-bond acceptors (Lipinski definition) is 6. The molecule has 112 valence electrons.